The van der Waals surface area contributed by atoms with Crippen molar-refractivity contribution in [2.24, 2.45) is 0 Å². The number of hydrogen-bond donors (Lipinski definition) is 1. The maximum Gasteiger partial charge on any atom is 0.253 e. The van der Waals surface area contributed by atoms with Gasteiger partial charge >= 0.3 is 0 Å². The van der Waals surface area contributed by atoms with Crippen LogP contribution in [0.5, 0.6) is 5.75 Å². The third kappa shape index (κ3) is 3.60. The minimum absolute atomic E-state index is 0.159. The number of nitrogens with one attached hydrogen (secondary N) is 1. The molecular weight excluding hydrogens is 300 g/mol. The van der Waals surface area contributed by atoms with Gasteiger partial charge in [0.1, 0.15) is 5.75 Å². The molecule has 0 unspecified atom stereocenters. The number of rotatable bonds is 5. The molecule has 0 aliphatic heterocycles. The van der Waals surface area contributed by atoms with Crippen LogP contribution in [0.25, 0.3) is 11.3 Å². The number of methoxy groups -OCH3 is 1. The van der Waals surface area contributed by atoms with Crippen LogP contribution < -0.4 is 10.1 Å². The van der Waals surface area contributed by atoms with E-state index in [2.05, 4.69) is 10.3 Å². The molecule has 1 amide bonds. The van der Waals surface area contributed by atoms with Crippen LogP contribution in [0, 0.1) is 0 Å². The van der Waals surface area contributed by atoms with Gasteiger partial charge in [-0.15, -0.1) is 0 Å². The number of hydrogen-bond acceptors (Lipinski definition) is 3. The SMILES string of the molecule is COc1ccccc1CNC(=O)c1ccc(-c2ccccc2)nc1. The maximum absolute atomic E-state index is 12.3. The molecule has 24 heavy (non-hydrogen) atoms. The summed E-state index contributed by atoms with van der Waals surface area (Å²) in [4.78, 5) is 16.6. The monoisotopic (exact) mass is 318 g/mol. The van der Waals surface area contributed by atoms with Gasteiger partial charge in [0.15, 0.2) is 0 Å². The molecule has 0 saturated heterocycles. The van der Waals surface area contributed by atoms with Crippen LogP contribution in [0.2, 0.25) is 0 Å². The lowest BCUT2D eigenvalue weighted by atomic mass is 10.1. The van der Waals surface area contributed by atoms with Gasteiger partial charge in [-0.3, -0.25) is 9.78 Å². The number of carbonyl (C=O) groups is 1. The molecule has 0 aliphatic carbocycles. The van der Waals surface area contributed by atoms with Crippen LogP contribution in [0.3, 0.4) is 0 Å². The van der Waals surface area contributed by atoms with Gasteiger partial charge in [-0.2, -0.15) is 0 Å². The quantitative estimate of drug-likeness (QED) is 0.780. The largest absolute Gasteiger partial charge is 0.496 e. The topological polar surface area (TPSA) is 51.2 Å². The molecule has 4 nitrogen and oxygen atoms in total. The van der Waals surface area contributed by atoms with Gasteiger partial charge in [0, 0.05) is 23.9 Å². The number of pyridine rings is 1. The molecule has 3 aromatic rings. The molecule has 1 N–H and O–H groups in total. The Labute approximate surface area is 141 Å². The van der Waals surface area contributed by atoms with Crippen molar-refractivity contribution in [3.05, 3.63) is 84.1 Å². The van der Waals surface area contributed by atoms with Gasteiger partial charge in [-0.25, -0.2) is 0 Å². The van der Waals surface area contributed by atoms with Gasteiger partial charge in [0.05, 0.1) is 18.4 Å². The number of amides is 1. The number of aromatic nitrogens is 1. The van der Waals surface area contributed by atoms with Crippen LogP contribution >= 0.6 is 0 Å². The van der Waals surface area contributed by atoms with Gasteiger partial charge in [-0.1, -0.05) is 48.5 Å². The summed E-state index contributed by atoms with van der Waals surface area (Å²) in [6.45, 7) is 0.406. The summed E-state index contributed by atoms with van der Waals surface area (Å²) in [5.74, 6) is 0.600. The Hall–Kier alpha value is -3.14. The van der Waals surface area contributed by atoms with E-state index in [1.165, 1.54) is 0 Å². The molecule has 120 valence electrons. The average Bonchev–Trinajstić information content (AvgIpc) is 2.67. The molecule has 0 bridgehead atoms. The van der Waals surface area contributed by atoms with Crippen molar-refractivity contribution in [1.29, 1.82) is 0 Å². The molecule has 1 heterocycles. The Morgan fingerprint density at radius 2 is 1.75 bits per heavy atom. The normalized spacial score (nSPS) is 10.2. The van der Waals surface area contributed by atoms with Crippen molar-refractivity contribution >= 4 is 5.91 Å². The molecule has 0 aliphatic rings. The van der Waals surface area contributed by atoms with Crippen LogP contribution in [-0.2, 0) is 6.54 Å². The van der Waals surface area contributed by atoms with E-state index in [0.717, 1.165) is 22.6 Å². The van der Waals surface area contributed by atoms with Crippen molar-refractivity contribution in [2.45, 2.75) is 6.54 Å². The molecule has 0 radical (unpaired) electrons. The highest BCUT2D eigenvalue weighted by Crippen LogP contribution is 2.18. The Morgan fingerprint density at radius 3 is 2.46 bits per heavy atom. The molecule has 0 atom stereocenters. The van der Waals surface area contributed by atoms with Crippen LogP contribution in [0.1, 0.15) is 15.9 Å². The molecule has 0 saturated carbocycles. The molecule has 1 aromatic heterocycles. The lowest BCUT2D eigenvalue weighted by Crippen LogP contribution is -2.23. The summed E-state index contributed by atoms with van der Waals surface area (Å²) >= 11 is 0. The number of benzene rings is 2. The summed E-state index contributed by atoms with van der Waals surface area (Å²) in [7, 11) is 1.62. The summed E-state index contributed by atoms with van der Waals surface area (Å²) in [6.07, 6.45) is 1.60. The molecular formula is C20H18N2O2. The van der Waals surface area contributed by atoms with Crippen molar-refractivity contribution < 1.29 is 9.53 Å². The first kappa shape index (κ1) is 15.7. The highest BCUT2D eigenvalue weighted by molar-refractivity contribution is 5.94. The minimum atomic E-state index is -0.159. The highest BCUT2D eigenvalue weighted by Gasteiger charge is 2.08. The van der Waals surface area contributed by atoms with E-state index in [0.29, 0.717) is 12.1 Å². The van der Waals surface area contributed by atoms with E-state index in [9.17, 15) is 4.79 Å². The van der Waals surface area contributed by atoms with Crippen LogP contribution in [0.15, 0.2) is 72.9 Å². The lowest BCUT2D eigenvalue weighted by molar-refractivity contribution is 0.0950. The highest BCUT2D eigenvalue weighted by atomic mass is 16.5. The van der Waals surface area contributed by atoms with Crippen molar-refractivity contribution in [1.82, 2.24) is 10.3 Å². The zero-order valence-corrected chi connectivity index (χ0v) is 13.4. The second-order valence-electron chi connectivity index (χ2n) is 5.29. The average molecular weight is 318 g/mol. The van der Waals surface area contributed by atoms with Gasteiger partial charge in [-0.05, 0) is 18.2 Å². The van der Waals surface area contributed by atoms with E-state index in [-0.39, 0.29) is 5.91 Å². The predicted molar refractivity (Wildman–Crippen MR) is 93.8 cm³/mol. The van der Waals surface area contributed by atoms with Crippen molar-refractivity contribution in [2.75, 3.05) is 7.11 Å². The van der Waals surface area contributed by atoms with E-state index >= 15 is 0 Å². The standard InChI is InChI=1S/C20H18N2O2/c1-24-19-10-6-5-9-16(19)13-22-20(23)17-11-12-18(21-14-17)15-7-3-2-4-8-15/h2-12,14H,13H2,1H3,(H,22,23). The van der Waals surface area contributed by atoms with E-state index in [1.54, 1.807) is 19.4 Å². The molecule has 0 spiro atoms. The predicted octanol–water partition coefficient (Wildman–Crippen LogP) is 3.69. The summed E-state index contributed by atoms with van der Waals surface area (Å²) in [5.41, 5.74) is 3.34. The first-order valence-corrected chi connectivity index (χ1v) is 7.69. The van der Waals surface area contributed by atoms with E-state index < -0.39 is 0 Å². The zero-order chi connectivity index (χ0) is 16.8. The van der Waals surface area contributed by atoms with E-state index in [1.807, 2.05) is 60.7 Å². The molecule has 2 aromatic carbocycles. The summed E-state index contributed by atoms with van der Waals surface area (Å²) in [6, 6.07) is 21.1. The first-order chi connectivity index (χ1) is 11.8. The second kappa shape index (κ2) is 7.42. The summed E-state index contributed by atoms with van der Waals surface area (Å²) in [5, 5.41) is 2.89. The Bertz CT molecular complexity index is 815. The molecule has 3 rings (SSSR count). The number of para-hydroxylation sites is 1. The molecule has 4 heteroatoms. The summed E-state index contributed by atoms with van der Waals surface area (Å²) < 4.78 is 5.28. The molecule has 0 fully saturated rings. The Balaban J connectivity index is 1.67. The lowest BCUT2D eigenvalue weighted by Gasteiger charge is -2.09. The minimum Gasteiger partial charge on any atom is -0.496 e. The fourth-order valence-electron chi connectivity index (χ4n) is 2.43. The number of ether oxygens (including phenoxy) is 1. The third-order valence-electron chi connectivity index (χ3n) is 3.73. The first-order valence-electron chi connectivity index (χ1n) is 7.69. The van der Waals surface area contributed by atoms with Crippen molar-refractivity contribution in [3.63, 3.8) is 0 Å². The smallest absolute Gasteiger partial charge is 0.253 e. The maximum atomic E-state index is 12.3. The second-order valence-corrected chi connectivity index (χ2v) is 5.29. The van der Waals surface area contributed by atoms with Gasteiger partial charge in [0.2, 0.25) is 0 Å². The fraction of sp³-hybridized carbons (Fsp3) is 0.100. The number of nitrogens with zero attached hydrogens (tertiary/aromatic N) is 1. The van der Waals surface area contributed by atoms with Gasteiger partial charge < -0.3 is 10.1 Å². The Morgan fingerprint density at radius 1 is 1.00 bits per heavy atom. The third-order valence-corrected chi connectivity index (χ3v) is 3.73. The Kier molecular flexibility index (Phi) is 4.87. The van der Waals surface area contributed by atoms with Crippen LogP contribution in [-0.4, -0.2) is 18.0 Å². The van der Waals surface area contributed by atoms with E-state index in [4.69, 9.17) is 4.74 Å². The number of carbonyl (C=O) groups excluding carboxylic acids is 1. The van der Waals surface area contributed by atoms with Crippen molar-refractivity contribution in [3.8, 4) is 17.0 Å². The zero-order valence-electron chi connectivity index (χ0n) is 13.4. The van der Waals surface area contributed by atoms with Crippen LogP contribution in [0.4, 0.5) is 0 Å². The fourth-order valence-corrected chi connectivity index (χ4v) is 2.43. The van der Waals surface area contributed by atoms with Gasteiger partial charge in [0.25, 0.3) is 5.91 Å².